The van der Waals surface area contributed by atoms with E-state index in [4.69, 9.17) is 4.74 Å². The molecule has 4 rings (SSSR count). The zero-order valence-electron chi connectivity index (χ0n) is 18.9. The van der Waals surface area contributed by atoms with Gasteiger partial charge < -0.3 is 10.1 Å². The second-order valence-corrected chi connectivity index (χ2v) is 9.29. The van der Waals surface area contributed by atoms with Crippen LogP contribution in [0.2, 0.25) is 0 Å². The summed E-state index contributed by atoms with van der Waals surface area (Å²) < 4.78 is 7.39. The highest BCUT2D eigenvalue weighted by molar-refractivity contribution is 7.99. The molecule has 2 heterocycles. The first-order chi connectivity index (χ1) is 16.5. The Labute approximate surface area is 205 Å². The van der Waals surface area contributed by atoms with Crippen molar-refractivity contribution in [1.82, 2.24) is 20.1 Å². The van der Waals surface area contributed by atoms with Crippen LogP contribution >= 0.6 is 23.1 Å². The van der Waals surface area contributed by atoms with Gasteiger partial charge in [-0.2, -0.15) is 0 Å². The maximum atomic E-state index is 12.5. The molecule has 0 aliphatic carbocycles. The van der Waals surface area contributed by atoms with Crippen LogP contribution in [0.5, 0.6) is 5.75 Å². The van der Waals surface area contributed by atoms with E-state index in [-0.39, 0.29) is 5.75 Å². The third kappa shape index (κ3) is 5.29. The van der Waals surface area contributed by atoms with Crippen molar-refractivity contribution in [3.63, 3.8) is 0 Å². The quantitative estimate of drug-likeness (QED) is 0.349. The second kappa shape index (κ2) is 10.5. The lowest BCUT2D eigenvalue weighted by Crippen LogP contribution is -2.35. The monoisotopic (exact) mass is 493 g/mol. The number of ether oxygens (including phenoxy) is 1. The molecule has 8 nitrogen and oxygen atoms in total. The largest absolute Gasteiger partial charge is 0.495 e. The van der Waals surface area contributed by atoms with Crippen molar-refractivity contribution in [1.29, 1.82) is 0 Å². The highest BCUT2D eigenvalue weighted by Gasteiger charge is 2.20. The highest BCUT2D eigenvalue weighted by Crippen LogP contribution is 2.34. The molecule has 0 fully saturated rings. The first-order valence-corrected chi connectivity index (χ1v) is 12.3. The first-order valence-electron chi connectivity index (χ1n) is 10.4. The number of thiophene rings is 1. The van der Waals surface area contributed by atoms with E-state index < -0.39 is 11.9 Å². The van der Waals surface area contributed by atoms with Crippen LogP contribution in [0.3, 0.4) is 0 Å². The average Bonchev–Trinajstić information content (AvgIpc) is 3.49. The molecule has 2 aromatic heterocycles. The van der Waals surface area contributed by atoms with Crippen LogP contribution in [0.4, 0.5) is 10.5 Å². The molecule has 34 heavy (non-hydrogen) atoms. The van der Waals surface area contributed by atoms with Crippen LogP contribution in [0.25, 0.3) is 16.4 Å². The van der Waals surface area contributed by atoms with Crippen molar-refractivity contribution in [3.05, 3.63) is 71.1 Å². The molecular formula is C24H23N5O3S2. The summed E-state index contributed by atoms with van der Waals surface area (Å²) in [5.74, 6) is 0.839. The number of imide groups is 1. The molecule has 0 aliphatic rings. The number of hydrogen-bond acceptors (Lipinski definition) is 7. The summed E-state index contributed by atoms with van der Waals surface area (Å²) >= 11 is 2.73. The van der Waals surface area contributed by atoms with E-state index in [9.17, 15) is 9.59 Å². The Kier molecular flexibility index (Phi) is 7.29. The second-order valence-electron chi connectivity index (χ2n) is 7.40. The SMILES string of the molecule is COc1ccccc1-n1c(SCC(=O)NC(=O)Nc2ccc(C)cc2C)nnc1-c1cccs1. The van der Waals surface area contributed by atoms with Crippen molar-refractivity contribution in [2.45, 2.75) is 19.0 Å². The van der Waals surface area contributed by atoms with Gasteiger partial charge in [-0.1, -0.05) is 47.7 Å². The minimum absolute atomic E-state index is 0.0159. The van der Waals surface area contributed by atoms with E-state index in [0.29, 0.717) is 22.4 Å². The fourth-order valence-electron chi connectivity index (χ4n) is 3.36. The van der Waals surface area contributed by atoms with Crippen molar-refractivity contribution in [2.75, 3.05) is 18.2 Å². The Morgan fingerprint density at radius 2 is 1.91 bits per heavy atom. The first kappa shape index (κ1) is 23.5. The van der Waals surface area contributed by atoms with Crippen LogP contribution < -0.4 is 15.4 Å². The number of anilines is 1. The predicted molar refractivity (Wildman–Crippen MR) is 135 cm³/mol. The van der Waals surface area contributed by atoms with Gasteiger partial charge in [0, 0.05) is 5.69 Å². The van der Waals surface area contributed by atoms with Crippen molar-refractivity contribution >= 4 is 40.7 Å². The van der Waals surface area contributed by atoms with Gasteiger partial charge in [0.05, 0.1) is 23.4 Å². The van der Waals surface area contributed by atoms with Crippen LogP contribution in [-0.4, -0.2) is 39.6 Å². The van der Waals surface area contributed by atoms with Gasteiger partial charge in [0.2, 0.25) is 5.91 Å². The van der Waals surface area contributed by atoms with Crippen molar-refractivity contribution < 1.29 is 14.3 Å². The fourth-order valence-corrected chi connectivity index (χ4v) is 4.80. The average molecular weight is 494 g/mol. The normalized spacial score (nSPS) is 10.7. The van der Waals surface area contributed by atoms with Crippen LogP contribution in [0, 0.1) is 13.8 Å². The maximum absolute atomic E-state index is 12.5. The molecule has 174 valence electrons. The van der Waals surface area contributed by atoms with Gasteiger partial charge in [-0.3, -0.25) is 14.7 Å². The van der Waals surface area contributed by atoms with E-state index in [2.05, 4.69) is 20.8 Å². The third-order valence-electron chi connectivity index (χ3n) is 4.92. The molecule has 4 aromatic rings. The summed E-state index contributed by atoms with van der Waals surface area (Å²) in [6.45, 7) is 3.88. The summed E-state index contributed by atoms with van der Waals surface area (Å²) in [4.78, 5) is 25.7. The summed E-state index contributed by atoms with van der Waals surface area (Å²) in [5.41, 5.74) is 3.42. The molecule has 0 spiro atoms. The van der Waals surface area contributed by atoms with Gasteiger partial charge >= 0.3 is 6.03 Å². The number of benzene rings is 2. The van der Waals surface area contributed by atoms with Gasteiger partial charge in [0.15, 0.2) is 11.0 Å². The Hall–Kier alpha value is -3.63. The molecule has 0 saturated heterocycles. The molecule has 0 atom stereocenters. The predicted octanol–water partition coefficient (Wildman–Crippen LogP) is 5.06. The summed E-state index contributed by atoms with van der Waals surface area (Å²) in [6.07, 6.45) is 0. The molecule has 0 aliphatic heterocycles. The van der Waals surface area contributed by atoms with E-state index in [0.717, 1.165) is 21.7 Å². The van der Waals surface area contributed by atoms with Gasteiger partial charge in [0.25, 0.3) is 0 Å². The molecule has 0 bridgehead atoms. The van der Waals surface area contributed by atoms with Gasteiger partial charge in [-0.25, -0.2) is 4.79 Å². The number of nitrogens with one attached hydrogen (secondary N) is 2. The van der Waals surface area contributed by atoms with Crippen LogP contribution in [0.1, 0.15) is 11.1 Å². The lowest BCUT2D eigenvalue weighted by molar-refractivity contribution is -0.117. The maximum Gasteiger partial charge on any atom is 0.325 e. The van der Waals surface area contributed by atoms with Crippen LogP contribution in [0.15, 0.2) is 65.1 Å². The minimum Gasteiger partial charge on any atom is -0.495 e. The Bertz CT molecular complexity index is 1320. The topological polar surface area (TPSA) is 98.1 Å². The number of aromatic nitrogens is 3. The standard InChI is InChI=1S/C24H23N5O3S2/c1-15-10-11-17(16(2)13-15)25-23(31)26-21(30)14-34-24-28-27-22(20-9-6-12-33-20)29(24)18-7-4-5-8-19(18)32-3/h4-13H,14H2,1-3H3,(H2,25,26,30,31). The molecule has 3 amide bonds. The lowest BCUT2D eigenvalue weighted by Gasteiger charge is -2.13. The van der Waals surface area contributed by atoms with Gasteiger partial charge in [-0.05, 0) is 49.1 Å². The van der Waals surface area contributed by atoms with Gasteiger partial charge in [0.1, 0.15) is 5.75 Å². The number of carbonyl (C=O) groups excluding carboxylic acids is 2. The number of urea groups is 1. The van der Waals surface area contributed by atoms with Crippen LogP contribution in [-0.2, 0) is 4.79 Å². The molecule has 0 unspecified atom stereocenters. The number of thioether (sulfide) groups is 1. The van der Waals surface area contributed by atoms with E-state index in [1.807, 2.05) is 78.4 Å². The highest BCUT2D eigenvalue weighted by atomic mass is 32.2. The summed E-state index contributed by atoms with van der Waals surface area (Å²) in [5, 5.41) is 16.2. The lowest BCUT2D eigenvalue weighted by atomic mass is 10.1. The molecule has 2 aromatic carbocycles. The van der Waals surface area contributed by atoms with E-state index >= 15 is 0 Å². The number of para-hydroxylation sites is 2. The summed E-state index contributed by atoms with van der Waals surface area (Å²) in [7, 11) is 1.60. The van der Waals surface area contributed by atoms with Crippen molar-refractivity contribution in [3.8, 4) is 22.1 Å². The fraction of sp³-hybridized carbons (Fsp3) is 0.167. The Morgan fingerprint density at radius 3 is 2.65 bits per heavy atom. The molecule has 0 saturated carbocycles. The Morgan fingerprint density at radius 1 is 1.09 bits per heavy atom. The smallest absolute Gasteiger partial charge is 0.325 e. The van der Waals surface area contributed by atoms with Gasteiger partial charge in [-0.15, -0.1) is 21.5 Å². The van der Waals surface area contributed by atoms with Crippen molar-refractivity contribution in [2.24, 2.45) is 0 Å². The number of amides is 3. The zero-order chi connectivity index (χ0) is 24.1. The van der Waals surface area contributed by atoms with E-state index in [1.54, 1.807) is 18.4 Å². The number of nitrogens with zero attached hydrogens (tertiary/aromatic N) is 3. The minimum atomic E-state index is -0.581. The van der Waals surface area contributed by atoms with E-state index in [1.165, 1.54) is 11.8 Å². The molecule has 0 radical (unpaired) electrons. The zero-order valence-corrected chi connectivity index (χ0v) is 20.5. The number of rotatable bonds is 7. The third-order valence-corrected chi connectivity index (χ3v) is 6.71. The number of methoxy groups -OCH3 is 1. The summed E-state index contributed by atoms with van der Waals surface area (Å²) in [6, 6.07) is 16.5. The number of carbonyl (C=O) groups is 2. The number of hydrogen-bond donors (Lipinski definition) is 2. The Balaban J connectivity index is 1.49. The molecular weight excluding hydrogens is 470 g/mol. The molecule has 10 heteroatoms. The molecule has 2 N–H and O–H groups in total. The number of aryl methyl sites for hydroxylation is 2.